The number of rotatable bonds is 6. The van der Waals surface area contributed by atoms with Gasteiger partial charge in [-0.25, -0.2) is 0 Å². The normalized spacial score (nSPS) is 15.9. The second kappa shape index (κ2) is 8.30. The molecule has 0 saturated carbocycles. The lowest BCUT2D eigenvalue weighted by Gasteiger charge is -2.32. The van der Waals surface area contributed by atoms with Crippen LogP contribution in [0.5, 0.6) is 5.75 Å². The molecule has 5 rings (SSSR count). The predicted octanol–water partition coefficient (Wildman–Crippen LogP) is 5.97. The Bertz CT molecular complexity index is 1090. The third-order valence-corrected chi connectivity index (χ3v) is 6.26. The smallest absolute Gasteiger partial charge is 0.128 e. The number of benzene rings is 3. The maximum atomic E-state index is 6.05. The van der Waals surface area contributed by atoms with Crippen LogP contribution in [-0.2, 0) is 0 Å². The third kappa shape index (κ3) is 4.01. The van der Waals surface area contributed by atoms with Crippen molar-refractivity contribution in [3.63, 3.8) is 0 Å². The van der Waals surface area contributed by atoms with Crippen LogP contribution in [0.3, 0.4) is 0 Å². The highest BCUT2D eigenvalue weighted by atomic mass is 16.5. The van der Waals surface area contributed by atoms with Crippen molar-refractivity contribution in [2.24, 2.45) is 0 Å². The van der Waals surface area contributed by atoms with Crippen LogP contribution in [0.1, 0.15) is 30.7 Å². The Morgan fingerprint density at radius 2 is 1.76 bits per heavy atom. The van der Waals surface area contributed by atoms with Gasteiger partial charge < -0.3 is 14.6 Å². The summed E-state index contributed by atoms with van der Waals surface area (Å²) in [7, 11) is 0. The molecule has 0 spiro atoms. The highest BCUT2D eigenvalue weighted by Gasteiger charge is 2.20. The zero-order chi connectivity index (χ0) is 19.5. The van der Waals surface area contributed by atoms with Crippen molar-refractivity contribution in [2.75, 3.05) is 26.2 Å². The van der Waals surface area contributed by atoms with Crippen LogP contribution in [0.4, 0.5) is 0 Å². The van der Waals surface area contributed by atoms with E-state index in [1.54, 1.807) is 0 Å². The van der Waals surface area contributed by atoms with Gasteiger partial charge in [-0.15, -0.1) is 0 Å². The summed E-state index contributed by atoms with van der Waals surface area (Å²) < 4.78 is 6.05. The second-order valence-corrected chi connectivity index (χ2v) is 8.12. The molecule has 1 aromatic heterocycles. The average Bonchev–Trinajstić information content (AvgIpc) is 3.26. The molecule has 1 aliphatic rings. The van der Waals surface area contributed by atoms with Crippen LogP contribution in [0.15, 0.2) is 72.9 Å². The lowest BCUT2D eigenvalue weighted by atomic mass is 9.88. The first-order chi connectivity index (χ1) is 14.4. The number of fused-ring (bicyclic) bond motifs is 2. The number of ether oxygens (including phenoxy) is 1. The van der Waals surface area contributed by atoms with E-state index < -0.39 is 0 Å². The fourth-order valence-electron chi connectivity index (χ4n) is 4.60. The van der Waals surface area contributed by atoms with Gasteiger partial charge in [0.25, 0.3) is 0 Å². The van der Waals surface area contributed by atoms with Gasteiger partial charge in [0.15, 0.2) is 0 Å². The van der Waals surface area contributed by atoms with E-state index in [-0.39, 0.29) is 0 Å². The van der Waals surface area contributed by atoms with Gasteiger partial charge in [0, 0.05) is 23.6 Å². The van der Waals surface area contributed by atoms with E-state index in [4.69, 9.17) is 4.74 Å². The Morgan fingerprint density at radius 3 is 2.66 bits per heavy atom. The van der Waals surface area contributed by atoms with Crippen LogP contribution < -0.4 is 4.74 Å². The van der Waals surface area contributed by atoms with Crippen LogP contribution >= 0.6 is 0 Å². The highest BCUT2D eigenvalue weighted by Crippen LogP contribution is 2.30. The lowest BCUT2D eigenvalue weighted by molar-refractivity contribution is 0.193. The molecule has 29 heavy (non-hydrogen) atoms. The van der Waals surface area contributed by atoms with E-state index in [2.05, 4.69) is 70.5 Å². The maximum absolute atomic E-state index is 6.05. The first-order valence-corrected chi connectivity index (χ1v) is 10.8. The number of H-pyrrole nitrogens is 1. The van der Waals surface area contributed by atoms with Crippen LogP contribution in [0.2, 0.25) is 0 Å². The number of nitrogens with one attached hydrogen (secondary N) is 1. The van der Waals surface area contributed by atoms with E-state index >= 15 is 0 Å². The quantitative estimate of drug-likeness (QED) is 0.415. The second-order valence-electron chi connectivity index (χ2n) is 8.12. The van der Waals surface area contributed by atoms with Crippen LogP contribution in [-0.4, -0.2) is 36.1 Å². The van der Waals surface area contributed by atoms with Gasteiger partial charge in [-0.3, -0.25) is 0 Å². The molecular formula is C26H28N2O. The van der Waals surface area contributed by atoms with Gasteiger partial charge in [-0.1, -0.05) is 48.5 Å². The minimum atomic E-state index is 0.693. The monoisotopic (exact) mass is 384 g/mol. The third-order valence-electron chi connectivity index (χ3n) is 6.26. The summed E-state index contributed by atoms with van der Waals surface area (Å²) in [6.45, 7) is 4.26. The Balaban J connectivity index is 1.10. The molecule has 0 bridgehead atoms. The Kier molecular flexibility index (Phi) is 5.23. The standard InChI is InChI=1S/C26H28N2O/c1-2-6-22-19-23(10-9-20(22)5-1)21-12-16-28(17-13-21)15-4-18-29-26-8-3-7-25-24(26)11-14-27-25/h1-3,5-11,14,19,21,27H,4,12-13,15-18H2. The summed E-state index contributed by atoms with van der Waals surface area (Å²) in [6, 6.07) is 23.9. The van der Waals surface area contributed by atoms with E-state index in [1.807, 2.05) is 12.3 Å². The number of piperidine rings is 1. The van der Waals surface area contributed by atoms with Gasteiger partial charge in [-0.2, -0.15) is 0 Å². The van der Waals surface area contributed by atoms with E-state index in [0.29, 0.717) is 5.92 Å². The summed E-state index contributed by atoms with van der Waals surface area (Å²) in [5.74, 6) is 1.68. The summed E-state index contributed by atoms with van der Waals surface area (Å²) in [5.41, 5.74) is 2.64. The van der Waals surface area contributed by atoms with Crippen LogP contribution in [0.25, 0.3) is 21.7 Å². The molecule has 1 fully saturated rings. The molecule has 3 heteroatoms. The molecule has 0 unspecified atom stereocenters. The van der Waals surface area contributed by atoms with Crippen molar-refractivity contribution in [1.29, 1.82) is 0 Å². The maximum Gasteiger partial charge on any atom is 0.128 e. The molecule has 3 nitrogen and oxygen atoms in total. The number of likely N-dealkylation sites (tertiary alicyclic amines) is 1. The van der Waals surface area contributed by atoms with Gasteiger partial charge in [-0.05, 0) is 72.8 Å². The first kappa shape index (κ1) is 18.3. The molecule has 1 N–H and O–H groups in total. The molecule has 1 aliphatic heterocycles. The molecule has 2 heterocycles. The summed E-state index contributed by atoms with van der Waals surface area (Å²) in [5, 5.41) is 3.87. The zero-order valence-electron chi connectivity index (χ0n) is 16.8. The van der Waals surface area contributed by atoms with Gasteiger partial charge >= 0.3 is 0 Å². The number of hydrogen-bond donors (Lipinski definition) is 1. The zero-order valence-corrected chi connectivity index (χ0v) is 16.8. The Hall–Kier alpha value is -2.78. The van der Waals surface area contributed by atoms with Crippen molar-refractivity contribution in [1.82, 2.24) is 9.88 Å². The number of aromatic nitrogens is 1. The molecule has 148 valence electrons. The van der Waals surface area contributed by atoms with E-state index in [1.165, 1.54) is 47.7 Å². The fourth-order valence-corrected chi connectivity index (χ4v) is 4.60. The Labute approximate surface area is 172 Å². The molecule has 0 amide bonds. The number of nitrogens with zero attached hydrogens (tertiary/aromatic N) is 1. The van der Waals surface area contributed by atoms with Crippen LogP contribution in [0, 0.1) is 0 Å². The number of aromatic amines is 1. The minimum Gasteiger partial charge on any atom is -0.493 e. The topological polar surface area (TPSA) is 28.3 Å². The largest absolute Gasteiger partial charge is 0.493 e. The minimum absolute atomic E-state index is 0.693. The molecular weight excluding hydrogens is 356 g/mol. The van der Waals surface area contributed by atoms with Gasteiger partial charge in [0.2, 0.25) is 0 Å². The lowest BCUT2D eigenvalue weighted by Crippen LogP contribution is -2.34. The average molecular weight is 385 g/mol. The van der Waals surface area contributed by atoms with Crippen molar-refractivity contribution in [2.45, 2.75) is 25.2 Å². The SMILES string of the molecule is c1ccc2cc(C3CCN(CCCOc4cccc5[nH]ccc45)CC3)ccc2c1. The van der Waals surface area contributed by atoms with E-state index in [0.717, 1.165) is 30.8 Å². The van der Waals surface area contributed by atoms with Crippen molar-refractivity contribution >= 4 is 21.7 Å². The molecule has 4 aromatic rings. The fraction of sp³-hybridized carbons (Fsp3) is 0.308. The first-order valence-electron chi connectivity index (χ1n) is 10.8. The van der Waals surface area contributed by atoms with Crippen molar-refractivity contribution in [3.05, 3.63) is 78.5 Å². The predicted molar refractivity (Wildman–Crippen MR) is 121 cm³/mol. The summed E-state index contributed by atoms with van der Waals surface area (Å²) in [6.07, 6.45) is 5.54. The van der Waals surface area contributed by atoms with Crippen molar-refractivity contribution < 1.29 is 4.74 Å². The van der Waals surface area contributed by atoms with Gasteiger partial charge in [0.1, 0.15) is 5.75 Å². The Morgan fingerprint density at radius 1 is 0.897 bits per heavy atom. The number of hydrogen-bond acceptors (Lipinski definition) is 2. The molecule has 3 aromatic carbocycles. The molecule has 0 atom stereocenters. The summed E-state index contributed by atoms with van der Waals surface area (Å²) >= 11 is 0. The van der Waals surface area contributed by atoms with Gasteiger partial charge in [0.05, 0.1) is 6.61 Å². The van der Waals surface area contributed by atoms with Crippen molar-refractivity contribution in [3.8, 4) is 5.75 Å². The highest BCUT2D eigenvalue weighted by molar-refractivity contribution is 5.85. The molecule has 0 radical (unpaired) electrons. The molecule has 0 aliphatic carbocycles. The molecule has 1 saturated heterocycles. The van der Waals surface area contributed by atoms with E-state index in [9.17, 15) is 0 Å². The summed E-state index contributed by atoms with van der Waals surface area (Å²) in [4.78, 5) is 5.84.